The lowest BCUT2D eigenvalue weighted by molar-refractivity contribution is 1.07. The smallest absolute Gasteiger partial charge is 0.145 e. The van der Waals surface area contributed by atoms with E-state index < -0.39 is 0 Å². The average Bonchev–Trinajstić information content (AvgIpc) is 2.39. The van der Waals surface area contributed by atoms with Gasteiger partial charge >= 0.3 is 0 Å². The third-order valence-electron chi connectivity index (χ3n) is 2.53. The predicted molar refractivity (Wildman–Crippen MR) is 66.0 cm³/mol. The van der Waals surface area contributed by atoms with Gasteiger partial charge in [-0.05, 0) is 19.1 Å². The molecule has 1 heterocycles. The fraction of sp³-hybridized carbons (Fsp3) is 0.154. The molecule has 0 saturated carbocycles. The first-order valence-electron chi connectivity index (χ1n) is 5.23. The lowest BCUT2D eigenvalue weighted by Gasteiger charge is -2.18. The average molecular weight is 224 g/mol. The molecule has 0 atom stereocenters. The molecule has 2 aromatic rings. The molecule has 0 radical (unpaired) electrons. The van der Waals surface area contributed by atoms with Gasteiger partial charge in [0.05, 0.1) is 0 Å². The Morgan fingerprint density at radius 2 is 1.88 bits per heavy atom. The zero-order valence-electron chi connectivity index (χ0n) is 9.75. The Bertz CT molecular complexity index is 554. The monoisotopic (exact) mass is 224 g/mol. The second kappa shape index (κ2) is 4.62. The minimum Gasteiger partial charge on any atom is -0.329 e. The summed E-state index contributed by atoms with van der Waals surface area (Å²) >= 11 is 0. The van der Waals surface area contributed by atoms with Crippen LogP contribution >= 0.6 is 0 Å². The number of hydrogen-bond donors (Lipinski definition) is 0. The fourth-order valence-electron chi connectivity index (χ4n) is 1.49. The Morgan fingerprint density at radius 1 is 1.18 bits per heavy atom. The zero-order chi connectivity index (χ0) is 12.3. The number of nitrogens with zero attached hydrogens (tertiary/aromatic N) is 4. The molecular formula is C13H12N4. The first-order chi connectivity index (χ1) is 8.20. The largest absolute Gasteiger partial charge is 0.329 e. The van der Waals surface area contributed by atoms with E-state index in [-0.39, 0.29) is 0 Å². The molecule has 0 bridgehead atoms. The van der Waals surface area contributed by atoms with Crippen molar-refractivity contribution < 1.29 is 0 Å². The van der Waals surface area contributed by atoms with E-state index in [1.165, 1.54) is 11.9 Å². The standard InChI is InChI=1S/C13H12N4/c1-10-3-5-12(6-4-10)17(2)13-7-11(8-14)15-9-16-13/h3-7,9H,1-2H3. The van der Waals surface area contributed by atoms with E-state index in [0.717, 1.165) is 5.69 Å². The van der Waals surface area contributed by atoms with Crippen LogP contribution in [0.25, 0.3) is 0 Å². The van der Waals surface area contributed by atoms with Crippen LogP contribution in [0.2, 0.25) is 0 Å². The minimum absolute atomic E-state index is 0.369. The third kappa shape index (κ3) is 2.40. The van der Waals surface area contributed by atoms with Gasteiger partial charge in [-0.15, -0.1) is 0 Å². The van der Waals surface area contributed by atoms with Crippen LogP contribution in [0.5, 0.6) is 0 Å². The van der Waals surface area contributed by atoms with E-state index in [0.29, 0.717) is 11.5 Å². The lowest BCUT2D eigenvalue weighted by Crippen LogP contribution is -2.11. The van der Waals surface area contributed by atoms with Gasteiger partial charge in [-0.1, -0.05) is 17.7 Å². The van der Waals surface area contributed by atoms with Crippen LogP contribution in [-0.4, -0.2) is 17.0 Å². The fourth-order valence-corrected chi connectivity index (χ4v) is 1.49. The lowest BCUT2D eigenvalue weighted by atomic mass is 10.2. The van der Waals surface area contributed by atoms with Crippen molar-refractivity contribution in [2.45, 2.75) is 6.92 Å². The molecule has 0 unspecified atom stereocenters. The number of aromatic nitrogens is 2. The Hall–Kier alpha value is -2.41. The van der Waals surface area contributed by atoms with Crippen molar-refractivity contribution in [1.82, 2.24) is 9.97 Å². The maximum atomic E-state index is 8.79. The maximum Gasteiger partial charge on any atom is 0.145 e. The van der Waals surface area contributed by atoms with Crippen molar-refractivity contribution in [2.24, 2.45) is 0 Å². The molecule has 2 rings (SSSR count). The maximum absolute atomic E-state index is 8.79. The van der Waals surface area contributed by atoms with Crippen molar-refractivity contribution in [2.75, 3.05) is 11.9 Å². The van der Waals surface area contributed by atoms with E-state index in [4.69, 9.17) is 5.26 Å². The van der Waals surface area contributed by atoms with E-state index in [2.05, 4.69) is 9.97 Å². The molecule has 0 spiro atoms. The molecule has 4 nitrogen and oxygen atoms in total. The second-order valence-corrected chi connectivity index (χ2v) is 3.77. The minimum atomic E-state index is 0.369. The number of nitriles is 1. The molecule has 0 N–H and O–H groups in total. The topological polar surface area (TPSA) is 52.8 Å². The molecule has 0 aliphatic rings. The number of rotatable bonds is 2. The zero-order valence-corrected chi connectivity index (χ0v) is 9.75. The highest BCUT2D eigenvalue weighted by Gasteiger charge is 2.06. The van der Waals surface area contributed by atoms with Crippen LogP contribution in [0.1, 0.15) is 11.3 Å². The summed E-state index contributed by atoms with van der Waals surface area (Å²) in [6, 6.07) is 11.8. The molecule has 17 heavy (non-hydrogen) atoms. The van der Waals surface area contributed by atoms with Gasteiger partial charge < -0.3 is 4.90 Å². The van der Waals surface area contributed by atoms with Gasteiger partial charge in [0.1, 0.15) is 23.9 Å². The molecule has 0 aliphatic carbocycles. The van der Waals surface area contributed by atoms with Crippen LogP contribution < -0.4 is 4.90 Å². The summed E-state index contributed by atoms with van der Waals surface area (Å²) in [6.45, 7) is 2.04. The first kappa shape index (κ1) is 11.1. The summed E-state index contributed by atoms with van der Waals surface area (Å²) in [5, 5.41) is 8.79. The Balaban J connectivity index is 2.33. The number of aryl methyl sites for hydroxylation is 1. The van der Waals surface area contributed by atoms with E-state index in [9.17, 15) is 0 Å². The molecular weight excluding hydrogens is 212 g/mol. The Morgan fingerprint density at radius 3 is 2.53 bits per heavy atom. The highest BCUT2D eigenvalue weighted by Crippen LogP contribution is 2.21. The summed E-state index contributed by atoms with van der Waals surface area (Å²) < 4.78 is 0. The van der Waals surface area contributed by atoms with Crippen LogP contribution in [0.4, 0.5) is 11.5 Å². The summed E-state index contributed by atoms with van der Waals surface area (Å²) in [6.07, 6.45) is 1.40. The Labute approximate surface area is 100 Å². The van der Waals surface area contributed by atoms with Crippen LogP contribution in [-0.2, 0) is 0 Å². The molecule has 84 valence electrons. The van der Waals surface area contributed by atoms with Crippen molar-refractivity contribution in [3.63, 3.8) is 0 Å². The third-order valence-corrected chi connectivity index (χ3v) is 2.53. The second-order valence-electron chi connectivity index (χ2n) is 3.77. The number of benzene rings is 1. The van der Waals surface area contributed by atoms with Gasteiger partial charge in [-0.3, -0.25) is 0 Å². The van der Waals surface area contributed by atoms with Gasteiger partial charge in [0.15, 0.2) is 0 Å². The van der Waals surface area contributed by atoms with Gasteiger partial charge in [0.2, 0.25) is 0 Å². The van der Waals surface area contributed by atoms with Gasteiger partial charge in [0, 0.05) is 18.8 Å². The number of anilines is 2. The summed E-state index contributed by atoms with van der Waals surface area (Å²) in [4.78, 5) is 9.92. The van der Waals surface area contributed by atoms with Gasteiger partial charge in [-0.25, -0.2) is 9.97 Å². The molecule has 0 amide bonds. The van der Waals surface area contributed by atoms with Crippen LogP contribution in [0, 0.1) is 18.3 Å². The molecule has 0 saturated heterocycles. The van der Waals surface area contributed by atoms with Crippen LogP contribution in [0.3, 0.4) is 0 Å². The van der Waals surface area contributed by atoms with Crippen molar-refractivity contribution in [3.05, 3.63) is 47.9 Å². The predicted octanol–water partition coefficient (Wildman–Crippen LogP) is 2.42. The van der Waals surface area contributed by atoms with Crippen LogP contribution in [0.15, 0.2) is 36.7 Å². The first-order valence-corrected chi connectivity index (χ1v) is 5.23. The van der Waals surface area contributed by atoms with Gasteiger partial charge in [0.25, 0.3) is 0 Å². The molecule has 4 heteroatoms. The van der Waals surface area contributed by atoms with E-state index in [1.807, 2.05) is 49.2 Å². The molecule has 1 aromatic carbocycles. The summed E-state index contributed by atoms with van der Waals surface area (Å²) in [7, 11) is 1.91. The quantitative estimate of drug-likeness (QED) is 0.786. The molecule has 0 fully saturated rings. The molecule has 0 aliphatic heterocycles. The van der Waals surface area contributed by atoms with Crippen molar-refractivity contribution in [3.8, 4) is 6.07 Å². The normalized spacial score (nSPS) is 9.71. The van der Waals surface area contributed by atoms with E-state index >= 15 is 0 Å². The summed E-state index contributed by atoms with van der Waals surface area (Å²) in [5.41, 5.74) is 2.61. The SMILES string of the molecule is Cc1ccc(N(C)c2cc(C#N)ncn2)cc1. The van der Waals surface area contributed by atoms with Crippen molar-refractivity contribution in [1.29, 1.82) is 5.26 Å². The Kier molecular flexibility index (Phi) is 3.01. The highest BCUT2D eigenvalue weighted by molar-refractivity contribution is 5.59. The van der Waals surface area contributed by atoms with Crippen molar-refractivity contribution >= 4 is 11.5 Å². The highest BCUT2D eigenvalue weighted by atomic mass is 15.2. The summed E-state index contributed by atoms with van der Waals surface area (Å²) in [5.74, 6) is 0.709. The number of hydrogen-bond acceptors (Lipinski definition) is 4. The molecule has 1 aromatic heterocycles. The van der Waals surface area contributed by atoms with Gasteiger partial charge in [-0.2, -0.15) is 5.26 Å². The van der Waals surface area contributed by atoms with E-state index in [1.54, 1.807) is 6.07 Å².